The molecule has 0 unspecified atom stereocenters. The van der Waals surface area contributed by atoms with Crippen LogP contribution in [0.4, 0.5) is 11.4 Å². The summed E-state index contributed by atoms with van der Waals surface area (Å²) in [6.45, 7) is 1.96. The number of nitrogens with zero attached hydrogens (tertiary/aromatic N) is 2. The van der Waals surface area contributed by atoms with Gasteiger partial charge in [0.2, 0.25) is 0 Å². The Morgan fingerprint density at radius 3 is 2.95 bits per heavy atom. The van der Waals surface area contributed by atoms with Gasteiger partial charge in [0.05, 0.1) is 24.5 Å². The summed E-state index contributed by atoms with van der Waals surface area (Å²) in [4.78, 5) is 4.49. The second kappa shape index (κ2) is 5.28. The van der Waals surface area contributed by atoms with Crippen molar-refractivity contribution in [3.05, 3.63) is 47.7 Å². The maximum atomic E-state index is 5.88. The minimum atomic E-state index is 0.694. The van der Waals surface area contributed by atoms with Gasteiger partial charge in [-0.05, 0) is 42.8 Å². The van der Waals surface area contributed by atoms with Crippen LogP contribution in [0.2, 0.25) is 0 Å². The molecular formula is C16H16N4O. The minimum absolute atomic E-state index is 0.694. The van der Waals surface area contributed by atoms with Crippen molar-refractivity contribution in [1.82, 2.24) is 10.2 Å². The summed E-state index contributed by atoms with van der Waals surface area (Å²) < 4.78 is 5.42. The first-order valence-electron chi connectivity index (χ1n) is 6.58. The van der Waals surface area contributed by atoms with Gasteiger partial charge in [0.15, 0.2) is 0 Å². The van der Waals surface area contributed by atoms with Crippen molar-refractivity contribution in [1.29, 1.82) is 0 Å². The molecule has 0 atom stereocenters. The molecule has 3 aromatic rings. The first-order valence-corrected chi connectivity index (χ1v) is 6.58. The fourth-order valence-corrected chi connectivity index (χ4v) is 2.36. The highest BCUT2D eigenvalue weighted by Crippen LogP contribution is 2.26. The van der Waals surface area contributed by atoms with E-state index in [2.05, 4.69) is 15.2 Å². The molecule has 0 aliphatic carbocycles. The summed E-state index contributed by atoms with van der Waals surface area (Å²) in [5, 5.41) is 7.94. The Hall–Kier alpha value is -2.82. The van der Waals surface area contributed by atoms with E-state index in [1.807, 2.05) is 37.3 Å². The van der Waals surface area contributed by atoms with Crippen molar-refractivity contribution in [2.24, 2.45) is 4.99 Å². The molecule has 1 aromatic heterocycles. The number of nitrogens with two attached hydrogens (primary N) is 1. The van der Waals surface area contributed by atoms with Crippen LogP contribution in [-0.4, -0.2) is 23.5 Å². The Bertz CT molecular complexity index is 820. The molecule has 0 amide bonds. The predicted octanol–water partition coefficient (Wildman–Crippen LogP) is 3.21. The molecule has 5 heteroatoms. The number of nitrogen functional groups attached to an aromatic ring is 1. The second-order valence-corrected chi connectivity index (χ2v) is 4.86. The summed E-state index contributed by atoms with van der Waals surface area (Å²) >= 11 is 0. The maximum absolute atomic E-state index is 5.88. The molecule has 0 spiro atoms. The third kappa shape index (κ3) is 2.58. The number of fused-ring (bicyclic) bond motifs is 1. The highest BCUT2D eigenvalue weighted by molar-refractivity contribution is 5.89. The van der Waals surface area contributed by atoms with Crippen molar-refractivity contribution in [2.45, 2.75) is 6.92 Å². The lowest BCUT2D eigenvalue weighted by Gasteiger charge is -2.09. The third-order valence-corrected chi connectivity index (χ3v) is 3.31. The fraction of sp³-hybridized carbons (Fsp3) is 0.125. The van der Waals surface area contributed by atoms with E-state index in [0.29, 0.717) is 5.69 Å². The van der Waals surface area contributed by atoms with E-state index in [-0.39, 0.29) is 0 Å². The van der Waals surface area contributed by atoms with Crippen molar-refractivity contribution in [3.63, 3.8) is 0 Å². The van der Waals surface area contributed by atoms with E-state index in [1.165, 1.54) is 0 Å². The zero-order chi connectivity index (χ0) is 14.8. The number of aliphatic imine (C=N–C) groups is 1. The maximum Gasteiger partial charge on any atom is 0.130 e. The Morgan fingerprint density at radius 2 is 2.14 bits per heavy atom. The molecule has 0 aliphatic rings. The van der Waals surface area contributed by atoms with E-state index < -0.39 is 0 Å². The molecule has 3 rings (SSSR count). The lowest BCUT2D eigenvalue weighted by atomic mass is 10.1. The number of aromatic nitrogens is 2. The average Bonchev–Trinajstić information content (AvgIpc) is 2.92. The molecule has 0 radical (unpaired) electrons. The first-order chi connectivity index (χ1) is 10.2. The van der Waals surface area contributed by atoms with E-state index in [1.54, 1.807) is 19.5 Å². The number of nitrogens with one attached hydrogen (secondary N) is 1. The van der Waals surface area contributed by atoms with Crippen molar-refractivity contribution < 1.29 is 4.74 Å². The van der Waals surface area contributed by atoms with Gasteiger partial charge >= 0.3 is 0 Å². The second-order valence-electron chi connectivity index (χ2n) is 4.86. The van der Waals surface area contributed by atoms with Crippen LogP contribution in [0.5, 0.6) is 5.75 Å². The molecule has 0 saturated heterocycles. The normalized spacial score (nSPS) is 11.3. The number of ether oxygens (including phenoxy) is 1. The van der Waals surface area contributed by atoms with Gasteiger partial charge in [-0.25, -0.2) is 0 Å². The van der Waals surface area contributed by atoms with Crippen LogP contribution in [0, 0.1) is 6.92 Å². The van der Waals surface area contributed by atoms with Gasteiger partial charge in [-0.1, -0.05) is 0 Å². The van der Waals surface area contributed by atoms with Gasteiger partial charge in [0, 0.05) is 22.9 Å². The number of anilines is 1. The molecule has 1 heterocycles. The molecule has 0 fully saturated rings. The molecule has 0 aliphatic heterocycles. The smallest absolute Gasteiger partial charge is 0.130 e. The first kappa shape index (κ1) is 13.2. The Kier molecular flexibility index (Phi) is 3.31. The summed E-state index contributed by atoms with van der Waals surface area (Å²) in [6, 6.07) is 9.60. The van der Waals surface area contributed by atoms with Crippen LogP contribution in [0.3, 0.4) is 0 Å². The van der Waals surface area contributed by atoms with E-state index in [4.69, 9.17) is 10.5 Å². The molecule has 5 nitrogen and oxygen atoms in total. The minimum Gasteiger partial charge on any atom is -0.496 e. The monoisotopic (exact) mass is 280 g/mol. The molecule has 3 N–H and O–H groups in total. The zero-order valence-electron chi connectivity index (χ0n) is 11.9. The number of hydrogen-bond donors (Lipinski definition) is 2. The van der Waals surface area contributed by atoms with Crippen LogP contribution in [0.1, 0.15) is 11.1 Å². The average molecular weight is 280 g/mol. The Labute approximate surface area is 122 Å². The van der Waals surface area contributed by atoms with E-state index in [9.17, 15) is 0 Å². The quantitative estimate of drug-likeness (QED) is 0.571. The Balaban J connectivity index is 1.98. The van der Waals surface area contributed by atoms with Crippen molar-refractivity contribution in [2.75, 3.05) is 12.8 Å². The van der Waals surface area contributed by atoms with Crippen LogP contribution in [0.25, 0.3) is 10.9 Å². The molecule has 0 saturated carbocycles. The number of aryl methyl sites for hydroxylation is 1. The molecule has 21 heavy (non-hydrogen) atoms. The number of rotatable bonds is 3. The third-order valence-electron chi connectivity index (χ3n) is 3.31. The van der Waals surface area contributed by atoms with Crippen LogP contribution < -0.4 is 10.5 Å². The van der Waals surface area contributed by atoms with Gasteiger partial charge in [-0.15, -0.1) is 0 Å². The molecular weight excluding hydrogens is 264 g/mol. The lowest BCUT2D eigenvalue weighted by Crippen LogP contribution is -1.96. The topological polar surface area (TPSA) is 76.3 Å². The predicted molar refractivity (Wildman–Crippen MR) is 85.5 cm³/mol. The van der Waals surface area contributed by atoms with Gasteiger partial charge in [-0.2, -0.15) is 5.10 Å². The van der Waals surface area contributed by atoms with E-state index >= 15 is 0 Å². The van der Waals surface area contributed by atoms with Crippen molar-refractivity contribution >= 4 is 28.5 Å². The Morgan fingerprint density at radius 1 is 1.29 bits per heavy atom. The van der Waals surface area contributed by atoms with Crippen LogP contribution in [-0.2, 0) is 0 Å². The highest BCUT2D eigenvalue weighted by Gasteiger charge is 2.06. The number of H-pyrrole nitrogens is 1. The van der Waals surface area contributed by atoms with Crippen LogP contribution >= 0.6 is 0 Å². The summed E-state index contributed by atoms with van der Waals surface area (Å²) in [5.41, 5.74) is 10.3. The van der Waals surface area contributed by atoms with Gasteiger partial charge in [-0.3, -0.25) is 10.1 Å². The lowest BCUT2D eigenvalue weighted by molar-refractivity contribution is 0.411. The van der Waals surface area contributed by atoms with Crippen LogP contribution in [0.15, 0.2) is 41.5 Å². The van der Waals surface area contributed by atoms with Gasteiger partial charge < -0.3 is 10.5 Å². The summed E-state index contributed by atoms with van der Waals surface area (Å²) in [5.74, 6) is 0.789. The molecule has 0 bridgehead atoms. The molecule has 106 valence electrons. The number of methoxy groups -OCH3 is 1. The summed E-state index contributed by atoms with van der Waals surface area (Å²) in [6.07, 6.45) is 3.54. The SMILES string of the molecule is COc1c(C)cc(N)cc1/C=N/c1ccc2[nH]ncc2c1. The number of aromatic amines is 1. The van der Waals surface area contributed by atoms with Gasteiger partial charge in [0.25, 0.3) is 0 Å². The van der Waals surface area contributed by atoms with Crippen molar-refractivity contribution in [3.8, 4) is 5.75 Å². The summed E-state index contributed by atoms with van der Waals surface area (Å²) in [7, 11) is 1.65. The highest BCUT2D eigenvalue weighted by atomic mass is 16.5. The fourth-order valence-electron chi connectivity index (χ4n) is 2.36. The standard InChI is InChI=1S/C16H16N4O/c1-10-5-13(17)6-12(16(10)21-2)8-18-14-3-4-15-11(7-14)9-19-20-15/h3-9H,17H2,1-2H3,(H,19,20)/b18-8+. The number of hydrogen-bond acceptors (Lipinski definition) is 4. The number of benzene rings is 2. The zero-order valence-corrected chi connectivity index (χ0v) is 11.9. The van der Waals surface area contributed by atoms with Gasteiger partial charge in [0.1, 0.15) is 5.75 Å². The largest absolute Gasteiger partial charge is 0.496 e. The molecule has 2 aromatic carbocycles. The van der Waals surface area contributed by atoms with E-state index in [0.717, 1.165) is 33.5 Å².